The standard InChI is InChI=1S/C20H35NO2.ClH/c1-4-10-20(11-6-5-7-12-20)23-17-19(16-22-15-18(2)3)21-13-8-9-14-21;/h18-19H,5-9,11-17H2,1-3H3;1H. The van der Waals surface area contributed by atoms with Gasteiger partial charge in [-0.3, -0.25) is 4.90 Å². The van der Waals surface area contributed by atoms with Crippen LogP contribution in [-0.4, -0.2) is 49.5 Å². The van der Waals surface area contributed by atoms with Gasteiger partial charge < -0.3 is 21.9 Å². The number of hydrogen-bond acceptors (Lipinski definition) is 3. The van der Waals surface area contributed by atoms with Crippen molar-refractivity contribution < 1.29 is 23.3 Å². The van der Waals surface area contributed by atoms with E-state index >= 15 is 0 Å². The Hall–Kier alpha value is -0.270. The first-order valence-electron chi connectivity index (χ1n) is 9.55. The number of halogens is 1. The van der Waals surface area contributed by atoms with Crippen LogP contribution in [0.15, 0.2) is 0 Å². The highest BCUT2D eigenvalue weighted by atomic mass is 35.5. The Bertz CT molecular complexity index is 396. The molecule has 1 saturated heterocycles. The van der Waals surface area contributed by atoms with Crippen LogP contribution in [0.3, 0.4) is 0 Å². The molecule has 0 aromatic rings. The third-order valence-corrected chi connectivity index (χ3v) is 4.98. The molecule has 0 spiro atoms. The van der Waals surface area contributed by atoms with Gasteiger partial charge in [-0.05, 0) is 64.5 Å². The van der Waals surface area contributed by atoms with Crippen molar-refractivity contribution in [3.8, 4) is 11.8 Å². The van der Waals surface area contributed by atoms with Gasteiger partial charge in [-0.25, -0.2) is 0 Å². The van der Waals surface area contributed by atoms with Crippen molar-refractivity contribution >= 4 is 0 Å². The van der Waals surface area contributed by atoms with Crippen LogP contribution < -0.4 is 12.4 Å². The van der Waals surface area contributed by atoms with Crippen molar-refractivity contribution in [2.45, 2.75) is 77.4 Å². The van der Waals surface area contributed by atoms with Crippen LogP contribution in [0.4, 0.5) is 0 Å². The van der Waals surface area contributed by atoms with Gasteiger partial charge in [-0.2, -0.15) is 0 Å². The second-order valence-electron chi connectivity index (χ2n) is 7.57. The van der Waals surface area contributed by atoms with Crippen molar-refractivity contribution in [1.29, 1.82) is 0 Å². The van der Waals surface area contributed by atoms with Crippen molar-refractivity contribution in [2.24, 2.45) is 5.92 Å². The number of likely N-dealkylation sites (tertiary alicyclic amines) is 1. The summed E-state index contributed by atoms with van der Waals surface area (Å²) in [5.41, 5.74) is -0.191. The molecule has 24 heavy (non-hydrogen) atoms. The summed E-state index contributed by atoms with van der Waals surface area (Å²) in [4.78, 5) is 2.55. The molecule has 0 radical (unpaired) electrons. The van der Waals surface area contributed by atoms with Crippen molar-refractivity contribution in [3.63, 3.8) is 0 Å². The normalized spacial score (nSPS) is 21.8. The fourth-order valence-electron chi connectivity index (χ4n) is 3.72. The second-order valence-corrected chi connectivity index (χ2v) is 7.57. The summed E-state index contributed by atoms with van der Waals surface area (Å²) in [6, 6.07) is 0.383. The monoisotopic (exact) mass is 357 g/mol. The van der Waals surface area contributed by atoms with Crippen LogP contribution in [0, 0.1) is 17.8 Å². The Kier molecular flexibility index (Phi) is 10.3. The lowest BCUT2D eigenvalue weighted by molar-refractivity contribution is -0.0659. The predicted octanol–water partition coefficient (Wildman–Crippen LogP) is 0.983. The number of hydrogen-bond donors (Lipinski definition) is 0. The smallest absolute Gasteiger partial charge is 1.00 e. The molecule has 1 saturated carbocycles. The summed E-state index contributed by atoms with van der Waals surface area (Å²) in [6.45, 7) is 11.1. The van der Waals surface area contributed by atoms with Gasteiger partial charge in [0.25, 0.3) is 0 Å². The first-order valence-corrected chi connectivity index (χ1v) is 9.55. The van der Waals surface area contributed by atoms with Gasteiger partial charge in [0.1, 0.15) is 5.60 Å². The molecule has 4 heteroatoms. The molecule has 0 amide bonds. The van der Waals surface area contributed by atoms with Gasteiger partial charge in [0.2, 0.25) is 0 Å². The van der Waals surface area contributed by atoms with E-state index in [1.807, 2.05) is 6.92 Å². The van der Waals surface area contributed by atoms with E-state index in [9.17, 15) is 0 Å². The topological polar surface area (TPSA) is 21.7 Å². The molecule has 2 rings (SSSR count). The Morgan fingerprint density at radius 2 is 1.67 bits per heavy atom. The average molecular weight is 358 g/mol. The Morgan fingerprint density at radius 1 is 1.00 bits per heavy atom. The van der Waals surface area contributed by atoms with Crippen molar-refractivity contribution in [1.82, 2.24) is 4.90 Å². The van der Waals surface area contributed by atoms with Gasteiger partial charge in [0.05, 0.1) is 19.3 Å². The van der Waals surface area contributed by atoms with Crippen LogP contribution in [0.5, 0.6) is 0 Å². The summed E-state index contributed by atoms with van der Waals surface area (Å²) < 4.78 is 12.4. The Balaban J connectivity index is 0.00000288. The minimum atomic E-state index is -0.191. The molecule has 3 nitrogen and oxygen atoms in total. The first-order chi connectivity index (χ1) is 11.2. The number of rotatable bonds is 8. The molecular weight excluding hydrogens is 322 g/mol. The average Bonchev–Trinajstić information content (AvgIpc) is 3.06. The minimum absolute atomic E-state index is 0. The molecule has 1 aliphatic carbocycles. The lowest BCUT2D eigenvalue weighted by Gasteiger charge is -2.36. The molecule has 1 unspecified atom stereocenters. The third-order valence-electron chi connectivity index (χ3n) is 4.98. The zero-order valence-corrected chi connectivity index (χ0v) is 16.5. The number of nitrogens with zero attached hydrogens (tertiary/aromatic N) is 1. The van der Waals surface area contributed by atoms with Crippen LogP contribution in [-0.2, 0) is 9.47 Å². The van der Waals surface area contributed by atoms with E-state index in [1.54, 1.807) is 0 Å². The molecule has 1 aliphatic heterocycles. The van der Waals surface area contributed by atoms with Crippen LogP contribution >= 0.6 is 0 Å². The predicted molar refractivity (Wildman–Crippen MR) is 96.6 cm³/mol. The van der Waals surface area contributed by atoms with E-state index in [0.717, 1.165) is 32.7 Å². The highest BCUT2D eigenvalue weighted by Gasteiger charge is 2.33. The van der Waals surface area contributed by atoms with E-state index in [-0.39, 0.29) is 19.4 Å². The fourth-order valence-corrected chi connectivity index (χ4v) is 3.72. The first kappa shape index (κ1) is 21.8. The zero-order valence-electron chi connectivity index (χ0n) is 16.8. The van der Waals surface area contributed by atoms with E-state index in [1.165, 1.54) is 45.2 Å². The molecule has 140 valence electrons. The fraction of sp³-hybridized carbons (Fsp3) is 0.900. The second kappa shape index (κ2) is 11.4. The third kappa shape index (κ3) is 6.92. The SMILES string of the molecule is CC#CC1(OCC(COCC(C)C)N2CCCC2)CCCCC1.[Cl-].[H+]. The van der Waals surface area contributed by atoms with Crippen LogP contribution in [0.1, 0.15) is 67.1 Å². The quantitative estimate of drug-likeness (QED) is 0.604. The van der Waals surface area contributed by atoms with E-state index < -0.39 is 0 Å². The maximum absolute atomic E-state index is 6.45. The Labute approximate surface area is 156 Å². The summed E-state index contributed by atoms with van der Waals surface area (Å²) >= 11 is 0. The summed E-state index contributed by atoms with van der Waals surface area (Å²) in [7, 11) is 0. The molecule has 0 N–H and O–H groups in total. The van der Waals surface area contributed by atoms with E-state index in [4.69, 9.17) is 9.47 Å². The van der Waals surface area contributed by atoms with Crippen LogP contribution in [0.25, 0.3) is 0 Å². The zero-order chi connectivity index (χ0) is 16.5. The molecule has 0 aromatic carbocycles. The van der Waals surface area contributed by atoms with Crippen LogP contribution in [0.2, 0.25) is 0 Å². The summed E-state index contributed by atoms with van der Waals surface area (Å²) in [5.74, 6) is 7.09. The van der Waals surface area contributed by atoms with Gasteiger partial charge >= 0.3 is 1.43 Å². The Morgan fingerprint density at radius 3 is 2.25 bits per heavy atom. The van der Waals surface area contributed by atoms with E-state index in [2.05, 4.69) is 30.6 Å². The largest absolute Gasteiger partial charge is 1.00 e. The van der Waals surface area contributed by atoms with Gasteiger partial charge in [0.15, 0.2) is 0 Å². The van der Waals surface area contributed by atoms with Gasteiger partial charge in [-0.1, -0.05) is 26.2 Å². The maximum atomic E-state index is 6.45. The number of ether oxygens (including phenoxy) is 2. The molecule has 1 heterocycles. The lowest BCUT2D eigenvalue weighted by atomic mass is 9.85. The highest BCUT2D eigenvalue weighted by molar-refractivity contribution is 5.14. The summed E-state index contributed by atoms with van der Waals surface area (Å²) in [6.07, 6.45) is 8.60. The molecule has 0 aromatic heterocycles. The lowest BCUT2D eigenvalue weighted by Crippen LogP contribution is -3.00. The van der Waals surface area contributed by atoms with Gasteiger partial charge in [-0.15, -0.1) is 5.92 Å². The molecular formula is C20H36ClNO2. The van der Waals surface area contributed by atoms with E-state index in [0.29, 0.717) is 12.0 Å². The highest BCUT2D eigenvalue weighted by Crippen LogP contribution is 2.31. The van der Waals surface area contributed by atoms with Gasteiger partial charge in [0, 0.05) is 6.61 Å². The minimum Gasteiger partial charge on any atom is -1.00 e. The molecule has 2 fully saturated rings. The molecule has 1 atom stereocenters. The molecule has 0 bridgehead atoms. The summed E-state index contributed by atoms with van der Waals surface area (Å²) in [5, 5.41) is 0. The maximum Gasteiger partial charge on any atom is 1.00 e. The van der Waals surface area contributed by atoms with Crippen molar-refractivity contribution in [2.75, 3.05) is 32.9 Å². The molecule has 2 aliphatic rings. The van der Waals surface area contributed by atoms with Crippen molar-refractivity contribution in [3.05, 3.63) is 0 Å².